The molecule has 1 heterocycles. The molecular weight excluding hydrogens is 456 g/mol. The van der Waals surface area contributed by atoms with Crippen LogP contribution in [0.3, 0.4) is 0 Å². The summed E-state index contributed by atoms with van der Waals surface area (Å²) in [5.41, 5.74) is 0.683. The van der Waals surface area contributed by atoms with Gasteiger partial charge in [-0.05, 0) is 35.7 Å². The predicted octanol–water partition coefficient (Wildman–Crippen LogP) is 3.35. The molecule has 0 aliphatic heterocycles. The molecule has 3 aromatic rings. The number of hydrogen-bond acceptors (Lipinski definition) is 8. The number of nitrogens with zero attached hydrogens (tertiary/aromatic N) is 1. The molecule has 0 saturated heterocycles. The summed E-state index contributed by atoms with van der Waals surface area (Å²) < 4.78 is 41.4. The monoisotopic (exact) mass is 478 g/mol. The molecule has 0 aliphatic rings. The van der Waals surface area contributed by atoms with Gasteiger partial charge in [0.1, 0.15) is 4.88 Å². The maximum absolute atomic E-state index is 13.1. The summed E-state index contributed by atoms with van der Waals surface area (Å²) in [6.45, 7) is 0. The van der Waals surface area contributed by atoms with Gasteiger partial charge in [-0.15, -0.1) is 11.3 Å². The SMILES string of the molecule is COC(=O)c1cc2cc(NC(=O)c3cc(OC)c(OC)cc3N(C)S(C)(=O)=O)ccc2s1. The summed E-state index contributed by atoms with van der Waals surface area (Å²) >= 11 is 1.28. The molecule has 11 heteroatoms. The number of nitrogens with one attached hydrogen (secondary N) is 1. The van der Waals surface area contributed by atoms with Crippen LogP contribution in [-0.4, -0.2) is 54.9 Å². The first-order valence-corrected chi connectivity index (χ1v) is 11.9. The summed E-state index contributed by atoms with van der Waals surface area (Å²) in [4.78, 5) is 25.3. The summed E-state index contributed by atoms with van der Waals surface area (Å²) in [7, 11) is 1.84. The maximum atomic E-state index is 13.1. The lowest BCUT2D eigenvalue weighted by molar-refractivity contribution is 0.0606. The van der Waals surface area contributed by atoms with Crippen molar-refractivity contribution in [3.63, 3.8) is 0 Å². The molecule has 32 heavy (non-hydrogen) atoms. The largest absolute Gasteiger partial charge is 0.493 e. The van der Waals surface area contributed by atoms with Crippen molar-refractivity contribution in [2.45, 2.75) is 0 Å². The average Bonchev–Trinajstić information content (AvgIpc) is 3.19. The molecule has 0 atom stereocenters. The van der Waals surface area contributed by atoms with Crippen LogP contribution in [0.2, 0.25) is 0 Å². The second-order valence-electron chi connectivity index (χ2n) is 6.76. The van der Waals surface area contributed by atoms with Gasteiger partial charge >= 0.3 is 5.97 Å². The highest BCUT2D eigenvalue weighted by atomic mass is 32.2. The van der Waals surface area contributed by atoms with Crippen LogP contribution in [0.25, 0.3) is 10.1 Å². The number of sulfonamides is 1. The molecule has 0 fully saturated rings. The van der Waals surface area contributed by atoms with Gasteiger partial charge in [-0.2, -0.15) is 0 Å². The number of fused-ring (bicyclic) bond motifs is 1. The average molecular weight is 479 g/mol. The number of anilines is 2. The van der Waals surface area contributed by atoms with Crippen LogP contribution in [0.5, 0.6) is 11.5 Å². The van der Waals surface area contributed by atoms with Gasteiger partial charge in [0.15, 0.2) is 11.5 Å². The summed E-state index contributed by atoms with van der Waals surface area (Å²) in [6, 6.07) is 9.72. The number of hydrogen-bond donors (Lipinski definition) is 1. The van der Waals surface area contributed by atoms with Crippen molar-refractivity contribution in [1.29, 1.82) is 0 Å². The number of esters is 1. The Morgan fingerprint density at radius 1 is 1.00 bits per heavy atom. The molecule has 0 bridgehead atoms. The first-order valence-electron chi connectivity index (χ1n) is 9.22. The van der Waals surface area contributed by atoms with Crippen LogP contribution in [-0.2, 0) is 14.8 Å². The number of methoxy groups -OCH3 is 3. The van der Waals surface area contributed by atoms with Gasteiger partial charge in [-0.3, -0.25) is 9.10 Å². The van der Waals surface area contributed by atoms with Crippen molar-refractivity contribution in [1.82, 2.24) is 0 Å². The second-order valence-corrected chi connectivity index (χ2v) is 9.86. The van der Waals surface area contributed by atoms with E-state index >= 15 is 0 Å². The Bertz CT molecular complexity index is 1300. The van der Waals surface area contributed by atoms with E-state index in [9.17, 15) is 18.0 Å². The summed E-state index contributed by atoms with van der Waals surface area (Å²) in [5.74, 6) is -0.418. The zero-order valence-electron chi connectivity index (χ0n) is 18.1. The first-order chi connectivity index (χ1) is 15.1. The van der Waals surface area contributed by atoms with Crippen LogP contribution in [0, 0.1) is 0 Å². The zero-order chi connectivity index (χ0) is 23.6. The molecule has 1 amide bonds. The highest BCUT2D eigenvalue weighted by Gasteiger charge is 2.24. The van der Waals surface area contributed by atoms with E-state index in [1.807, 2.05) is 0 Å². The first kappa shape index (κ1) is 23.4. The number of carbonyl (C=O) groups excluding carboxylic acids is 2. The van der Waals surface area contributed by atoms with Gasteiger partial charge in [0.25, 0.3) is 5.91 Å². The van der Waals surface area contributed by atoms with Crippen molar-refractivity contribution >= 4 is 54.7 Å². The number of rotatable bonds is 7. The van der Waals surface area contributed by atoms with E-state index in [1.165, 1.54) is 51.8 Å². The molecule has 0 unspecified atom stereocenters. The van der Waals surface area contributed by atoms with Crippen LogP contribution in [0.1, 0.15) is 20.0 Å². The maximum Gasteiger partial charge on any atom is 0.348 e. The zero-order valence-corrected chi connectivity index (χ0v) is 19.7. The molecule has 1 aromatic heterocycles. The van der Waals surface area contributed by atoms with E-state index in [0.29, 0.717) is 10.6 Å². The highest BCUT2D eigenvalue weighted by molar-refractivity contribution is 7.92. The van der Waals surface area contributed by atoms with Crippen molar-refractivity contribution < 1.29 is 32.2 Å². The standard InChI is InChI=1S/C21H22N2O7S2/c1-23(32(5,26)27)15-11-17(29-3)16(28-2)10-14(15)20(24)22-13-6-7-18-12(8-13)9-19(31-18)21(25)30-4/h6-11H,1-5H3,(H,22,24). The number of thiophene rings is 1. The van der Waals surface area contributed by atoms with Gasteiger partial charge in [0.2, 0.25) is 10.0 Å². The predicted molar refractivity (Wildman–Crippen MR) is 124 cm³/mol. The lowest BCUT2D eigenvalue weighted by Crippen LogP contribution is -2.28. The van der Waals surface area contributed by atoms with Crippen molar-refractivity contribution in [2.75, 3.05) is 44.3 Å². The van der Waals surface area contributed by atoms with E-state index in [4.69, 9.17) is 14.2 Å². The third-order valence-electron chi connectivity index (χ3n) is 4.74. The van der Waals surface area contributed by atoms with E-state index in [1.54, 1.807) is 24.3 Å². The van der Waals surface area contributed by atoms with Crippen molar-refractivity contribution in [3.05, 3.63) is 46.8 Å². The van der Waals surface area contributed by atoms with Gasteiger partial charge in [-0.1, -0.05) is 0 Å². The van der Waals surface area contributed by atoms with Crippen LogP contribution in [0.15, 0.2) is 36.4 Å². The van der Waals surface area contributed by atoms with Gasteiger partial charge in [0.05, 0.1) is 38.8 Å². The van der Waals surface area contributed by atoms with E-state index in [2.05, 4.69) is 5.32 Å². The second kappa shape index (κ2) is 9.05. The summed E-state index contributed by atoms with van der Waals surface area (Å²) in [6.07, 6.45) is 1.04. The van der Waals surface area contributed by atoms with Crippen LogP contribution in [0.4, 0.5) is 11.4 Å². The highest BCUT2D eigenvalue weighted by Crippen LogP contribution is 2.36. The van der Waals surface area contributed by atoms with E-state index < -0.39 is 21.9 Å². The normalized spacial score (nSPS) is 11.2. The van der Waals surface area contributed by atoms with Crippen molar-refractivity contribution in [3.8, 4) is 11.5 Å². The smallest absolute Gasteiger partial charge is 0.348 e. The molecule has 2 aromatic carbocycles. The third kappa shape index (κ3) is 4.63. The third-order valence-corrected chi connectivity index (χ3v) is 7.03. The lowest BCUT2D eigenvalue weighted by atomic mass is 10.1. The number of benzene rings is 2. The molecule has 3 rings (SSSR count). The van der Waals surface area contributed by atoms with Crippen molar-refractivity contribution in [2.24, 2.45) is 0 Å². The fourth-order valence-electron chi connectivity index (χ4n) is 3.01. The number of carbonyl (C=O) groups is 2. The minimum atomic E-state index is -3.65. The lowest BCUT2D eigenvalue weighted by Gasteiger charge is -2.22. The molecule has 9 nitrogen and oxygen atoms in total. The minimum absolute atomic E-state index is 0.0799. The van der Waals surface area contributed by atoms with Gasteiger partial charge < -0.3 is 19.5 Å². The van der Waals surface area contributed by atoms with Crippen LogP contribution < -0.4 is 19.1 Å². The molecule has 170 valence electrons. The van der Waals surface area contributed by atoms with E-state index in [0.717, 1.165) is 20.6 Å². The quantitative estimate of drug-likeness (QED) is 0.518. The molecule has 1 N–H and O–H groups in total. The fourth-order valence-corrected chi connectivity index (χ4v) is 4.48. The van der Waals surface area contributed by atoms with E-state index in [-0.39, 0.29) is 22.7 Å². The minimum Gasteiger partial charge on any atom is -0.493 e. The Balaban J connectivity index is 2.01. The Morgan fingerprint density at radius 2 is 1.66 bits per heavy atom. The van der Waals surface area contributed by atoms with Crippen LogP contribution >= 0.6 is 11.3 Å². The molecule has 0 saturated carbocycles. The Labute approximate surface area is 189 Å². The number of ether oxygens (including phenoxy) is 3. The number of amides is 1. The Kier molecular flexibility index (Phi) is 6.60. The molecule has 0 aliphatic carbocycles. The topological polar surface area (TPSA) is 111 Å². The molecular formula is C21H22N2O7S2. The van der Waals surface area contributed by atoms with Gasteiger partial charge in [0, 0.05) is 23.5 Å². The fraction of sp³-hybridized carbons (Fsp3) is 0.238. The van der Waals surface area contributed by atoms with Gasteiger partial charge in [-0.25, -0.2) is 13.2 Å². The summed E-state index contributed by atoms with van der Waals surface area (Å²) in [5, 5.41) is 3.53. The Morgan fingerprint density at radius 3 is 2.25 bits per heavy atom. The Hall–Kier alpha value is -3.31. The molecule has 0 spiro atoms. The molecule has 0 radical (unpaired) electrons.